The van der Waals surface area contributed by atoms with E-state index >= 15 is 0 Å². The number of carbonyl (C=O) groups is 1. The summed E-state index contributed by atoms with van der Waals surface area (Å²) in [6.45, 7) is 1.88. The highest BCUT2D eigenvalue weighted by Crippen LogP contribution is 2.27. The minimum atomic E-state index is -0.310. The number of methoxy groups -OCH3 is 2. The van der Waals surface area contributed by atoms with Crippen LogP contribution in [0.5, 0.6) is 5.75 Å². The van der Waals surface area contributed by atoms with Crippen molar-refractivity contribution in [2.24, 2.45) is 0 Å². The maximum absolute atomic E-state index is 11.2. The summed E-state index contributed by atoms with van der Waals surface area (Å²) >= 11 is 5.90. The van der Waals surface area contributed by atoms with Crippen molar-refractivity contribution in [2.75, 3.05) is 14.2 Å². The summed E-state index contributed by atoms with van der Waals surface area (Å²) < 4.78 is 9.81. The van der Waals surface area contributed by atoms with Crippen molar-refractivity contribution in [1.29, 1.82) is 0 Å². The van der Waals surface area contributed by atoms with Gasteiger partial charge in [-0.1, -0.05) is 11.6 Å². The maximum atomic E-state index is 11.2. The molecule has 0 aromatic heterocycles. The van der Waals surface area contributed by atoms with E-state index in [1.807, 2.05) is 6.92 Å². The van der Waals surface area contributed by atoms with Crippen molar-refractivity contribution in [1.82, 2.24) is 0 Å². The predicted molar refractivity (Wildman–Crippen MR) is 58.5 cm³/mol. The summed E-state index contributed by atoms with van der Waals surface area (Å²) in [5.74, 6) is 0.375. The molecular formula is C11H13ClO3. The first-order chi connectivity index (χ1) is 7.08. The Morgan fingerprint density at radius 3 is 2.60 bits per heavy atom. The molecule has 0 N–H and O–H groups in total. The maximum Gasteiger partial charge on any atom is 0.310 e. The molecule has 0 unspecified atom stereocenters. The summed E-state index contributed by atoms with van der Waals surface area (Å²) in [5.41, 5.74) is 1.65. The Hall–Kier alpha value is -1.22. The van der Waals surface area contributed by atoms with E-state index < -0.39 is 0 Å². The molecule has 0 atom stereocenters. The van der Waals surface area contributed by atoms with Crippen LogP contribution < -0.4 is 4.74 Å². The van der Waals surface area contributed by atoms with Gasteiger partial charge in [0.05, 0.1) is 20.6 Å². The number of esters is 1. The largest absolute Gasteiger partial charge is 0.496 e. The number of aryl methyl sites for hydroxylation is 1. The van der Waals surface area contributed by atoms with Gasteiger partial charge in [-0.3, -0.25) is 4.79 Å². The molecule has 0 amide bonds. The minimum Gasteiger partial charge on any atom is -0.496 e. The molecule has 0 saturated heterocycles. The minimum absolute atomic E-state index is 0.168. The first kappa shape index (κ1) is 11.9. The van der Waals surface area contributed by atoms with E-state index in [4.69, 9.17) is 16.3 Å². The molecule has 0 spiro atoms. The van der Waals surface area contributed by atoms with E-state index in [1.54, 1.807) is 19.2 Å². The predicted octanol–water partition coefficient (Wildman–Crippen LogP) is 2.37. The van der Waals surface area contributed by atoms with Crippen molar-refractivity contribution in [3.8, 4) is 5.75 Å². The molecule has 3 nitrogen and oxygen atoms in total. The summed E-state index contributed by atoms with van der Waals surface area (Å²) in [5, 5.41) is 0.590. The number of benzene rings is 1. The van der Waals surface area contributed by atoms with Crippen LogP contribution in [0.15, 0.2) is 12.1 Å². The summed E-state index contributed by atoms with van der Waals surface area (Å²) in [6.07, 6.45) is 0.168. The van der Waals surface area contributed by atoms with E-state index in [-0.39, 0.29) is 12.4 Å². The van der Waals surface area contributed by atoms with Crippen LogP contribution in [0.3, 0.4) is 0 Å². The fourth-order valence-corrected chi connectivity index (χ4v) is 1.75. The summed E-state index contributed by atoms with van der Waals surface area (Å²) in [6, 6.07) is 3.51. The first-order valence-corrected chi connectivity index (χ1v) is 4.86. The van der Waals surface area contributed by atoms with Gasteiger partial charge in [0.1, 0.15) is 5.75 Å². The van der Waals surface area contributed by atoms with Crippen LogP contribution in [-0.2, 0) is 16.0 Å². The van der Waals surface area contributed by atoms with Crippen LogP contribution in [0.25, 0.3) is 0 Å². The molecule has 4 heteroatoms. The van der Waals surface area contributed by atoms with Gasteiger partial charge in [0.25, 0.3) is 0 Å². The molecule has 1 rings (SSSR count). The average molecular weight is 229 g/mol. The summed E-state index contributed by atoms with van der Waals surface area (Å²) in [4.78, 5) is 11.2. The van der Waals surface area contributed by atoms with Gasteiger partial charge in [-0.25, -0.2) is 0 Å². The van der Waals surface area contributed by atoms with E-state index in [1.165, 1.54) is 7.11 Å². The lowest BCUT2D eigenvalue weighted by atomic mass is 10.1. The normalized spacial score (nSPS) is 9.87. The molecule has 0 aliphatic rings. The molecule has 15 heavy (non-hydrogen) atoms. The van der Waals surface area contributed by atoms with Crippen molar-refractivity contribution >= 4 is 17.6 Å². The second kappa shape index (κ2) is 5.03. The van der Waals surface area contributed by atoms with Crippen LogP contribution in [0.1, 0.15) is 11.1 Å². The molecule has 0 aliphatic carbocycles. The molecule has 0 fully saturated rings. The lowest BCUT2D eigenvalue weighted by molar-refractivity contribution is -0.139. The third-order valence-electron chi connectivity index (χ3n) is 2.08. The van der Waals surface area contributed by atoms with Gasteiger partial charge in [0.15, 0.2) is 0 Å². The first-order valence-electron chi connectivity index (χ1n) is 4.48. The second-order valence-corrected chi connectivity index (χ2v) is 3.60. The Balaban J connectivity index is 3.09. The highest BCUT2D eigenvalue weighted by molar-refractivity contribution is 6.30. The Morgan fingerprint density at radius 2 is 2.07 bits per heavy atom. The molecule has 0 heterocycles. The number of halogens is 1. The Bertz CT molecular complexity index is 374. The standard InChI is InChI=1S/C11H13ClO3/c1-7-4-9(12)5-8(11(7)15-3)6-10(13)14-2/h4-5H,6H2,1-3H3. The van der Waals surface area contributed by atoms with Gasteiger partial charge >= 0.3 is 5.97 Å². The number of carbonyl (C=O) groups excluding carboxylic acids is 1. The third-order valence-corrected chi connectivity index (χ3v) is 2.30. The van der Waals surface area contributed by atoms with E-state index in [2.05, 4.69) is 4.74 Å². The molecule has 0 radical (unpaired) electrons. The molecule has 1 aromatic carbocycles. The number of hydrogen-bond acceptors (Lipinski definition) is 3. The SMILES string of the molecule is COC(=O)Cc1cc(Cl)cc(C)c1OC. The zero-order valence-corrected chi connectivity index (χ0v) is 9.72. The van der Waals surface area contributed by atoms with Crippen molar-refractivity contribution in [2.45, 2.75) is 13.3 Å². The number of rotatable bonds is 3. The van der Waals surface area contributed by atoms with Crippen LogP contribution in [-0.4, -0.2) is 20.2 Å². The molecule has 82 valence electrons. The highest BCUT2D eigenvalue weighted by atomic mass is 35.5. The van der Waals surface area contributed by atoms with Crippen molar-refractivity contribution in [3.05, 3.63) is 28.3 Å². The molecule has 1 aromatic rings. The molecule has 0 saturated carbocycles. The zero-order chi connectivity index (χ0) is 11.4. The van der Waals surface area contributed by atoms with Crippen LogP contribution in [0.2, 0.25) is 5.02 Å². The van der Waals surface area contributed by atoms with Crippen molar-refractivity contribution in [3.63, 3.8) is 0 Å². The van der Waals surface area contributed by atoms with Gasteiger partial charge in [0.2, 0.25) is 0 Å². The Morgan fingerprint density at radius 1 is 1.40 bits per heavy atom. The quantitative estimate of drug-likeness (QED) is 0.746. The highest BCUT2D eigenvalue weighted by Gasteiger charge is 2.12. The van der Waals surface area contributed by atoms with Crippen LogP contribution in [0, 0.1) is 6.92 Å². The molecular weight excluding hydrogens is 216 g/mol. The topological polar surface area (TPSA) is 35.5 Å². The van der Waals surface area contributed by atoms with Gasteiger partial charge in [-0.2, -0.15) is 0 Å². The van der Waals surface area contributed by atoms with Gasteiger partial charge < -0.3 is 9.47 Å². The van der Waals surface area contributed by atoms with Gasteiger partial charge in [0, 0.05) is 10.6 Å². The Kier molecular flexibility index (Phi) is 3.97. The molecule has 0 aliphatic heterocycles. The average Bonchev–Trinajstić information content (AvgIpc) is 2.17. The van der Waals surface area contributed by atoms with E-state index in [0.717, 1.165) is 11.1 Å². The van der Waals surface area contributed by atoms with Crippen molar-refractivity contribution < 1.29 is 14.3 Å². The van der Waals surface area contributed by atoms with Gasteiger partial charge in [-0.05, 0) is 24.6 Å². The lowest BCUT2D eigenvalue weighted by Gasteiger charge is -2.11. The van der Waals surface area contributed by atoms with E-state index in [0.29, 0.717) is 10.8 Å². The number of hydrogen-bond donors (Lipinski definition) is 0. The summed E-state index contributed by atoms with van der Waals surface area (Å²) in [7, 11) is 2.92. The zero-order valence-electron chi connectivity index (χ0n) is 8.96. The van der Waals surface area contributed by atoms with Crippen LogP contribution >= 0.6 is 11.6 Å². The van der Waals surface area contributed by atoms with Crippen LogP contribution in [0.4, 0.5) is 0 Å². The smallest absolute Gasteiger partial charge is 0.310 e. The number of ether oxygens (including phenoxy) is 2. The van der Waals surface area contributed by atoms with Gasteiger partial charge in [-0.15, -0.1) is 0 Å². The molecule has 0 bridgehead atoms. The fourth-order valence-electron chi connectivity index (χ4n) is 1.45. The third kappa shape index (κ3) is 2.86. The Labute approximate surface area is 93.9 Å². The monoisotopic (exact) mass is 228 g/mol. The van der Waals surface area contributed by atoms with E-state index in [9.17, 15) is 4.79 Å². The second-order valence-electron chi connectivity index (χ2n) is 3.17. The fraction of sp³-hybridized carbons (Fsp3) is 0.364. The lowest BCUT2D eigenvalue weighted by Crippen LogP contribution is -2.06.